The molecular formula is C24H31FN4O3. The number of fused-ring (bicyclic) bond motifs is 2. The van der Waals surface area contributed by atoms with Crippen LogP contribution in [0.2, 0.25) is 0 Å². The van der Waals surface area contributed by atoms with Gasteiger partial charge in [0.1, 0.15) is 11.3 Å². The van der Waals surface area contributed by atoms with Crippen LogP contribution in [0.5, 0.6) is 5.75 Å². The van der Waals surface area contributed by atoms with Gasteiger partial charge in [0, 0.05) is 37.9 Å². The third-order valence-electron chi connectivity index (χ3n) is 7.30. The zero-order valence-electron chi connectivity index (χ0n) is 19.0. The number of hydrogen-bond acceptors (Lipinski definition) is 5. The van der Waals surface area contributed by atoms with E-state index >= 15 is 4.39 Å². The maximum Gasteiger partial charge on any atom is 0.256 e. The van der Waals surface area contributed by atoms with Gasteiger partial charge in [-0.3, -0.25) is 9.59 Å². The van der Waals surface area contributed by atoms with E-state index in [1.54, 1.807) is 13.1 Å². The van der Waals surface area contributed by atoms with Gasteiger partial charge >= 0.3 is 0 Å². The topological polar surface area (TPSA) is 66.8 Å². The smallest absolute Gasteiger partial charge is 0.256 e. The Labute approximate surface area is 187 Å². The largest absolute Gasteiger partial charge is 0.492 e. The molecule has 1 aromatic carbocycles. The summed E-state index contributed by atoms with van der Waals surface area (Å²) in [6.45, 7) is 4.81. The molecule has 2 atom stereocenters. The summed E-state index contributed by atoms with van der Waals surface area (Å²) in [5, 5.41) is 2.90. The molecule has 2 unspecified atom stereocenters. The van der Waals surface area contributed by atoms with Crippen LogP contribution >= 0.6 is 0 Å². The molecule has 0 spiro atoms. The third kappa shape index (κ3) is 3.36. The molecule has 2 aliphatic heterocycles. The molecule has 1 amide bonds. The summed E-state index contributed by atoms with van der Waals surface area (Å²) in [7, 11) is 3.67. The number of hydrogen-bond donors (Lipinski definition) is 1. The van der Waals surface area contributed by atoms with Crippen molar-refractivity contribution in [2.75, 3.05) is 45.2 Å². The number of benzene rings is 1. The minimum atomic E-state index is -0.469. The first-order chi connectivity index (χ1) is 15.4. The number of ether oxygens (including phenoxy) is 1. The quantitative estimate of drug-likeness (QED) is 0.771. The molecule has 1 saturated carbocycles. The molecule has 172 valence electrons. The fourth-order valence-corrected chi connectivity index (χ4v) is 5.58. The van der Waals surface area contributed by atoms with Crippen molar-refractivity contribution >= 4 is 22.5 Å². The van der Waals surface area contributed by atoms with E-state index in [1.165, 1.54) is 13.2 Å². The first-order valence-corrected chi connectivity index (χ1v) is 11.6. The van der Waals surface area contributed by atoms with Crippen LogP contribution < -0.4 is 20.4 Å². The molecule has 32 heavy (non-hydrogen) atoms. The van der Waals surface area contributed by atoms with Crippen molar-refractivity contribution in [3.8, 4) is 5.75 Å². The van der Waals surface area contributed by atoms with Crippen LogP contribution in [0.1, 0.15) is 49.0 Å². The number of anilines is 1. The lowest BCUT2D eigenvalue weighted by molar-refractivity contribution is 0.0954. The highest BCUT2D eigenvalue weighted by Crippen LogP contribution is 2.45. The molecule has 7 nitrogen and oxygen atoms in total. The van der Waals surface area contributed by atoms with E-state index in [9.17, 15) is 9.59 Å². The van der Waals surface area contributed by atoms with Gasteiger partial charge in [0.05, 0.1) is 18.0 Å². The van der Waals surface area contributed by atoms with Crippen LogP contribution in [-0.4, -0.2) is 61.8 Å². The summed E-state index contributed by atoms with van der Waals surface area (Å²) in [5.74, 6) is -0.000836. The highest BCUT2D eigenvalue weighted by Gasteiger charge is 2.40. The van der Waals surface area contributed by atoms with E-state index in [0.717, 1.165) is 45.3 Å². The first-order valence-electron chi connectivity index (χ1n) is 11.6. The molecule has 2 aromatic rings. The fraction of sp³-hybridized carbons (Fsp3) is 0.583. The Morgan fingerprint density at radius 3 is 2.72 bits per heavy atom. The molecule has 0 bridgehead atoms. The third-order valence-corrected chi connectivity index (χ3v) is 7.30. The van der Waals surface area contributed by atoms with Crippen LogP contribution in [0.4, 0.5) is 10.1 Å². The number of piperidine rings is 1. The van der Waals surface area contributed by atoms with E-state index in [0.29, 0.717) is 35.5 Å². The second kappa shape index (κ2) is 8.06. The Kier molecular flexibility index (Phi) is 5.35. The van der Waals surface area contributed by atoms with Crippen molar-refractivity contribution in [2.24, 2.45) is 5.92 Å². The van der Waals surface area contributed by atoms with Crippen LogP contribution in [-0.2, 0) is 0 Å². The zero-order valence-corrected chi connectivity index (χ0v) is 19.0. The average molecular weight is 443 g/mol. The zero-order chi connectivity index (χ0) is 22.6. The van der Waals surface area contributed by atoms with Crippen molar-refractivity contribution in [2.45, 2.75) is 44.7 Å². The van der Waals surface area contributed by atoms with Gasteiger partial charge in [-0.2, -0.15) is 0 Å². The summed E-state index contributed by atoms with van der Waals surface area (Å²) in [6.07, 6.45) is 5.86. The number of likely N-dealkylation sites (tertiary alicyclic amines) is 1. The Morgan fingerprint density at radius 2 is 2.06 bits per heavy atom. The summed E-state index contributed by atoms with van der Waals surface area (Å²) >= 11 is 0. The van der Waals surface area contributed by atoms with Gasteiger partial charge in [-0.05, 0) is 58.2 Å². The minimum absolute atomic E-state index is 0.0503. The number of likely N-dealkylation sites (N-methyl/N-ethyl adjacent to an activating group) is 1. The van der Waals surface area contributed by atoms with E-state index < -0.39 is 17.2 Å². The van der Waals surface area contributed by atoms with E-state index in [4.69, 9.17) is 4.74 Å². The van der Waals surface area contributed by atoms with Crippen molar-refractivity contribution in [3.05, 3.63) is 33.9 Å². The van der Waals surface area contributed by atoms with E-state index in [-0.39, 0.29) is 17.0 Å². The highest BCUT2D eigenvalue weighted by molar-refractivity contribution is 6.00. The van der Waals surface area contributed by atoms with Crippen molar-refractivity contribution in [1.29, 1.82) is 0 Å². The Balaban J connectivity index is 1.69. The highest BCUT2D eigenvalue weighted by atomic mass is 19.1. The first kappa shape index (κ1) is 21.2. The van der Waals surface area contributed by atoms with Gasteiger partial charge in [0.15, 0.2) is 11.6 Å². The monoisotopic (exact) mass is 442 g/mol. The number of carbonyl (C=O) groups excluding carboxylic acids is 1. The number of pyridine rings is 1. The number of nitrogens with zero attached hydrogens (tertiary/aromatic N) is 3. The lowest BCUT2D eigenvalue weighted by Crippen LogP contribution is -2.42. The average Bonchev–Trinajstić information content (AvgIpc) is 3.52. The van der Waals surface area contributed by atoms with Gasteiger partial charge in [0.25, 0.3) is 5.91 Å². The van der Waals surface area contributed by atoms with Gasteiger partial charge in [-0.1, -0.05) is 0 Å². The standard InChI is InChI=1S/C24H31FN4O3/c1-4-26-24(31)17-12-29(15-7-8-15)20-16(22(17)30)10-18(25)21(23(20)32-3)28-11-14-6-5-9-27(2)19(14)13-28/h10,12,14-15,19H,4-9,11,13H2,1-3H3,(H,26,31). The Bertz CT molecular complexity index is 1130. The van der Waals surface area contributed by atoms with E-state index in [2.05, 4.69) is 22.2 Å². The molecule has 1 aromatic heterocycles. The molecule has 1 N–H and O–H groups in total. The molecule has 8 heteroatoms. The number of methoxy groups -OCH3 is 1. The van der Waals surface area contributed by atoms with Gasteiger partial charge < -0.3 is 24.4 Å². The van der Waals surface area contributed by atoms with Crippen molar-refractivity contribution in [1.82, 2.24) is 14.8 Å². The summed E-state index contributed by atoms with van der Waals surface area (Å²) in [4.78, 5) is 30.2. The Morgan fingerprint density at radius 1 is 1.28 bits per heavy atom. The number of nitrogens with one attached hydrogen (secondary N) is 1. The predicted molar refractivity (Wildman–Crippen MR) is 122 cm³/mol. The van der Waals surface area contributed by atoms with Crippen LogP contribution in [0.25, 0.3) is 10.9 Å². The maximum atomic E-state index is 15.6. The van der Waals surface area contributed by atoms with Gasteiger partial charge in [-0.15, -0.1) is 0 Å². The molecule has 3 fully saturated rings. The second-order valence-electron chi connectivity index (χ2n) is 9.36. The number of aromatic nitrogens is 1. The van der Waals surface area contributed by atoms with Crippen molar-refractivity contribution < 1.29 is 13.9 Å². The molecule has 0 radical (unpaired) electrons. The summed E-state index contributed by atoms with van der Waals surface area (Å²) in [6, 6.07) is 1.89. The number of halogens is 1. The fourth-order valence-electron chi connectivity index (χ4n) is 5.58. The van der Waals surface area contributed by atoms with Crippen LogP contribution in [0, 0.1) is 11.7 Å². The molecular weight excluding hydrogens is 411 g/mol. The lowest BCUT2D eigenvalue weighted by Gasteiger charge is -2.33. The SMILES string of the molecule is CCNC(=O)c1cn(C2CC2)c2c(OC)c(N3CC4CCCN(C)C4C3)c(F)cc2c1=O. The second-order valence-corrected chi connectivity index (χ2v) is 9.36. The molecule has 3 heterocycles. The van der Waals surface area contributed by atoms with Crippen LogP contribution in [0.3, 0.4) is 0 Å². The van der Waals surface area contributed by atoms with Crippen LogP contribution in [0.15, 0.2) is 17.1 Å². The Hall–Kier alpha value is -2.61. The number of amides is 1. The molecule has 1 aliphatic carbocycles. The van der Waals surface area contributed by atoms with Gasteiger partial charge in [-0.25, -0.2) is 4.39 Å². The summed E-state index contributed by atoms with van der Waals surface area (Å²) < 4.78 is 23.4. The maximum absolute atomic E-state index is 15.6. The number of rotatable bonds is 5. The predicted octanol–water partition coefficient (Wildman–Crippen LogP) is 2.76. The number of carbonyl (C=O) groups is 1. The van der Waals surface area contributed by atoms with E-state index in [1.807, 2.05) is 4.57 Å². The normalized spacial score (nSPS) is 23.4. The summed E-state index contributed by atoms with van der Waals surface area (Å²) in [5.41, 5.74) is 0.616. The molecule has 2 saturated heterocycles. The van der Waals surface area contributed by atoms with Gasteiger partial charge in [0.2, 0.25) is 5.43 Å². The van der Waals surface area contributed by atoms with Crippen molar-refractivity contribution in [3.63, 3.8) is 0 Å². The molecule has 5 rings (SSSR count). The lowest BCUT2D eigenvalue weighted by atomic mass is 9.93. The molecule has 3 aliphatic rings. The minimum Gasteiger partial charge on any atom is -0.492 e.